The van der Waals surface area contributed by atoms with E-state index in [1.807, 2.05) is 33.8 Å². The van der Waals surface area contributed by atoms with Crippen LogP contribution in [-0.4, -0.2) is 41.2 Å². The Hall–Kier alpha value is -1.62. The van der Waals surface area contributed by atoms with Crippen molar-refractivity contribution in [2.45, 2.75) is 78.0 Å². The lowest BCUT2D eigenvalue weighted by molar-refractivity contribution is 0.0564. The average Bonchev–Trinajstić information content (AvgIpc) is 2.54. The minimum atomic E-state index is -0.528. The molecule has 1 aromatic heterocycles. The van der Waals surface area contributed by atoms with E-state index in [2.05, 4.69) is 29.9 Å². The Balaban J connectivity index is 2.42. The normalized spacial score (nSPS) is 20.2. The third-order valence-corrected chi connectivity index (χ3v) is 4.80. The summed E-state index contributed by atoms with van der Waals surface area (Å²) in [6.45, 7) is 10.9. The van der Waals surface area contributed by atoms with Crippen LogP contribution in [-0.2, 0) is 4.74 Å². The fourth-order valence-electron chi connectivity index (χ4n) is 3.31. The van der Waals surface area contributed by atoms with Crippen LogP contribution in [0.3, 0.4) is 0 Å². The Morgan fingerprint density at radius 3 is 2.76 bits per heavy atom. The van der Waals surface area contributed by atoms with Crippen LogP contribution in [0.1, 0.15) is 71.9 Å². The molecular formula is C20H33N3O2. The SMILES string of the molecule is CC[C@H](C)N(C(=O)OC(C)(C)C)c1ncccc1[C@@H]1CCCCN1C. The minimum Gasteiger partial charge on any atom is -0.443 e. The molecule has 0 radical (unpaired) electrons. The molecule has 1 amide bonds. The molecule has 2 heterocycles. The van der Waals surface area contributed by atoms with Crippen molar-refractivity contribution in [3.8, 4) is 0 Å². The molecule has 5 nitrogen and oxygen atoms in total. The first-order valence-corrected chi connectivity index (χ1v) is 9.42. The summed E-state index contributed by atoms with van der Waals surface area (Å²) in [6, 6.07) is 4.39. The molecule has 1 aliphatic heterocycles. The van der Waals surface area contributed by atoms with Crippen LogP contribution in [0.15, 0.2) is 18.3 Å². The molecule has 25 heavy (non-hydrogen) atoms. The van der Waals surface area contributed by atoms with Crippen molar-refractivity contribution in [1.82, 2.24) is 9.88 Å². The molecule has 0 aliphatic carbocycles. The summed E-state index contributed by atoms with van der Waals surface area (Å²) >= 11 is 0. The van der Waals surface area contributed by atoms with Gasteiger partial charge in [-0.3, -0.25) is 9.80 Å². The topological polar surface area (TPSA) is 45.7 Å². The number of piperidine rings is 1. The lowest BCUT2D eigenvalue weighted by atomic mass is 9.95. The largest absolute Gasteiger partial charge is 0.443 e. The van der Waals surface area contributed by atoms with E-state index in [1.54, 1.807) is 11.1 Å². The quantitative estimate of drug-likeness (QED) is 0.786. The summed E-state index contributed by atoms with van der Waals surface area (Å²) in [5, 5.41) is 0. The number of anilines is 1. The lowest BCUT2D eigenvalue weighted by Gasteiger charge is -2.37. The second kappa shape index (κ2) is 8.17. The highest BCUT2D eigenvalue weighted by Gasteiger charge is 2.32. The minimum absolute atomic E-state index is 0.0254. The molecule has 2 rings (SSSR count). The molecule has 1 fully saturated rings. The fourth-order valence-corrected chi connectivity index (χ4v) is 3.31. The van der Waals surface area contributed by atoms with E-state index in [9.17, 15) is 4.79 Å². The maximum absolute atomic E-state index is 12.9. The van der Waals surface area contributed by atoms with Crippen molar-refractivity contribution in [1.29, 1.82) is 0 Å². The number of hydrogen-bond acceptors (Lipinski definition) is 4. The molecule has 140 valence electrons. The molecule has 0 unspecified atom stereocenters. The maximum atomic E-state index is 12.9. The van der Waals surface area contributed by atoms with Gasteiger partial charge < -0.3 is 4.74 Å². The number of amides is 1. The van der Waals surface area contributed by atoms with E-state index in [4.69, 9.17) is 4.74 Å². The second-order valence-electron chi connectivity index (χ2n) is 8.02. The Labute approximate surface area is 152 Å². The molecule has 0 N–H and O–H groups in total. The number of hydrogen-bond donors (Lipinski definition) is 0. The van der Waals surface area contributed by atoms with Gasteiger partial charge in [0.15, 0.2) is 0 Å². The smallest absolute Gasteiger partial charge is 0.416 e. The van der Waals surface area contributed by atoms with Gasteiger partial charge in [0.2, 0.25) is 0 Å². The van der Waals surface area contributed by atoms with E-state index in [-0.39, 0.29) is 12.1 Å². The zero-order valence-corrected chi connectivity index (χ0v) is 16.6. The van der Waals surface area contributed by atoms with Gasteiger partial charge in [-0.05, 0) is 66.6 Å². The number of likely N-dealkylation sites (tertiary alicyclic amines) is 1. The molecule has 0 aromatic carbocycles. The number of aromatic nitrogens is 1. The molecule has 0 saturated carbocycles. The van der Waals surface area contributed by atoms with Gasteiger partial charge in [0.25, 0.3) is 0 Å². The molecule has 2 atom stereocenters. The second-order valence-corrected chi connectivity index (χ2v) is 8.02. The first kappa shape index (κ1) is 19.7. The summed E-state index contributed by atoms with van der Waals surface area (Å²) in [4.78, 5) is 21.6. The average molecular weight is 348 g/mol. The Morgan fingerprint density at radius 2 is 2.16 bits per heavy atom. The van der Waals surface area contributed by atoms with Crippen LogP contribution in [0.5, 0.6) is 0 Å². The predicted octanol–water partition coefficient (Wildman–Crippen LogP) is 4.78. The number of nitrogens with zero attached hydrogens (tertiary/aromatic N) is 3. The number of carbonyl (C=O) groups is 1. The molecular weight excluding hydrogens is 314 g/mol. The first-order valence-electron chi connectivity index (χ1n) is 9.42. The van der Waals surface area contributed by atoms with Gasteiger partial charge in [-0.25, -0.2) is 9.78 Å². The summed E-state index contributed by atoms with van der Waals surface area (Å²) in [7, 11) is 2.15. The van der Waals surface area contributed by atoms with Gasteiger partial charge in [-0.15, -0.1) is 0 Å². The van der Waals surface area contributed by atoms with Crippen molar-refractivity contribution < 1.29 is 9.53 Å². The van der Waals surface area contributed by atoms with E-state index >= 15 is 0 Å². The van der Waals surface area contributed by atoms with Crippen molar-refractivity contribution in [3.63, 3.8) is 0 Å². The number of pyridine rings is 1. The zero-order valence-electron chi connectivity index (χ0n) is 16.6. The molecule has 1 saturated heterocycles. The van der Waals surface area contributed by atoms with E-state index in [0.29, 0.717) is 6.04 Å². The monoisotopic (exact) mass is 347 g/mol. The van der Waals surface area contributed by atoms with Crippen LogP contribution in [0.4, 0.5) is 10.6 Å². The first-order chi connectivity index (χ1) is 11.7. The standard InChI is InChI=1S/C20H33N3O2/c1-7-15(2)23(19(24)25-20(3,4)5)18-16(11-10-13-21-18)17-12-8-9-14-22(17)6/h10-11,13,15,17H,7-9,12,14H2,1-6H3/t15-,17-/m0/s1. The summed E-state index contributed by atoms with van der Waals surface area (Å²) in [5.74, 6) is 0.741. The Kier molecular flexibility index (Phi) is 6.44. The predicted molar refractivity (Wildman–Crippen MR) is 102 cm³/mol. The maximum Gasteiger partial charge on any atom is 0.416 e. The van der Waals surface area contributed by atoms with E-state index in [1.165, 1.54) is 12.8 Å². The fraction of sp³-hybridized carbons (Fsp3) is 0.700. The van der Waals surface area contributed by atoms with Crippen LogP contribution >= 0.6 is 0 Å². The van der Waals surface area contributed by atoms with Gasteiger partial charge in [-0.1, -0.05) is 19.4 Å². The third-order valence-electron chi connectivity index (χ3n) is 4.80. The molecule has 0 spiro atoms. The van der Waals surface area contributed by atoms with Crippen LogP contribution in [0.2, 0.25) is 0 Å². The van der Waals surface area contributed by atoms with Gasteiger partial charge in [-0.2, -0.15) is 0 Å². The summed E-state index contributed by atoms with van der Waals surface area (Å²) in [5.41, 5.74) is 0.593. The number of ether oxygens (including phenoxy) is 1. The summed E-state index contributed by atoms with van der Waals surface area (Å²) < 4.78 is 5.68. The molecule has 1 aromatic rings. The summed E-state index contributed by atoms with van der Waals surface area (Å²) in [6.07, 6.45) is 5.82. The van der Waals surface area contributed by atoms with Gasteiger partial charge in [0, 0.05) is 23.8 Å². The highest BCUT2D eigenvalue weighted by molar-refractivity contribution is 5.88. The molecule has 1 aliphatic rings. The van der Waals surface area contributed by atoms with E-state index < -0.39 is 5.60 Å². The zero-order chi connectivity index (χ0) is 18.6. The molecule has 5 heteroatoms. The highest BCUT2D eigenvalue weighted by Crippen LogP contribution is 2.35. The number of rotatable bonds is 4. The van der Waals surface area contributed by atoms with Crippen LogP contribution < -0.4 is 4.90 Å². The Morgan fingerprint density at radius 1 is 1.44 bits per heavy atom. The van der Waals surface area contributed by atoms with Gasteiger partial charge in [0.05, 0.1) is 0 Å². The van der Waals surface area contributed by atoms with Gasteiger partial charge in [0.1, 0.15) is 11.4 Å². The lowest BCUT2D eigenvalue weighted by Crippen LogP contribution is -2.43. The van der Waals surface area contributed by atoms with Crippen LogP contribution in [0, 0.1) is 0 Å². The van der Waals surface area contributed by atoms with Gasteiger partial charge >= 0.3 is 6.09 Å². The third kappa shape index (κ3) is 4.94. The molecule has 0 bridgehead atoms. The van der Waals surface area contributed by atoms with E-state index in [0.717, 1.165) is 30.8 Å². The van der Waals surface area contributed by atoms with Crippen LogP contribution in [0.25, 0.3) is 0 Å². The highest BCUT2D eigenvalue weighted by atomic mass is 16.6. The van der Waals surface area contributed by atoms with Crippen molar-refractivity contribution in [2.24, 2.45) is 0 Å². The van der Waals surface area contributed by atoms with Crippen molar-refractivity contribution >= 4 is 11.9 Å². The Bertz CT molecular complexity index is 583. The van der Waals surface area contributed by atoms with Crippen molar-refractivity contribution in [2.75, 3.05) is 18.5 Å². The number of carbonyl (C=O) groups excluding carboxylic acids is 1. The van der Waals surface area contributed by atoms with Crippen molar-refractivity contribution in [3.05, 3.63) is 23.9 Å².